The quantitative estimate of drug-likeness (QED) is 0.688. The van der Waals surface area contributed by atoms with Crippen molar-refractivity contribution in [2.45, 2.75) is 18.2 Å². The molecule has 0 fully saturated rings. The summed E-state index contributed by atoms with van der Waals surface area (Å²) >= 11 is 1.72. The van der Waals surface area contributed by atoms with E-state index in [1.54, 1.807) is 23.9 Å². The van der Waals surface area contributed by atoms with Gasteiger partial charge in [0.1, 0.15) is 0 Å². The Balaban J connectivity index is 1.51. The minimum atomic E-state index is -0.260. The molecule has 0 unspecified atom stereocenters. The molecule has 1 heterocycles. The number of anilines is 1. The number of aryl methyl sites for hydroxylation is 2. The minimum absolute atomic E-state index is 0.125. The minimum Gasteiger partial charge on any atom is -0.408 e. The number of carbonyl (C=O) groups excluding carboxylic acids is 1. The molecule has 0 radical (unpaired) electrons. The van der Waals surface area contributed by atoms with Gasteiger partial charge in [-0.1, -0.05) is 41.0 Å². The molecule has 0 aliphatic heterocycles. The standard InChI is InChI=1S/C18H17N3O2S/c1-13-7-9-14(10-8-13)17(22)19-18-21-20-16(23-18)11-12-24-15-5-3-2-4-6-15/h2-10H,11-12H2,1H3,(H,19,21,22). The molecule has 3 aromatic rings. The molecule has 1 aromatic heterocycles. The highest BCUT2D eigenvalue weighted by atomic mass is 32.2. The molecule has 6 heteroatoms. The Kier molecular flexibility index (Phi) is 5.28. The molecule has 0 spiro atoms. The molecule has 0 saturated carbocycles. The SMILES string of the molecule is Cc1ccc(C(=O)Nc2nnc(CCSc3ccccc3)o2)cc1. The Labute approximate surface area is 144 Å². The number of amides is 1. The van der Waals surface area contributed by atoms with Crippen molar-refractivity contribution in [1.82, 2.24) is 10.2 Å². The van der Waals surface area contributed by atoms with Gasteiger partial charge in [-0.05, 0) is 31.2 Å². The fraction of sp³-hybridized carbons (Fsp3) is 0.167. The van der Waals surface area contributed by atoms with Crippen molar-refractivity contribution < 1.29 is 9.21 Å². The average molecular weight is 339 g/mol. The van der Waals surface area contributed by atoms with E-state index in [2.05, 4.69) is 27.6 Å². The van der Waals surface area contributed by atoms with Gasteiger partial charge in [-0.15, -0.1) is 16.9 Å². The zero-order chi connectivity index (χ0) is 16.8. The van der Waals surface area contributed by atoms with E-state index < -0.39 is 0 Å². The molecule has 5 nitrogen and oxygen atoms in total. The van der Waals surface area contributed by atoms with Crippen molar-refractivity contribution in [3.63, 3.8) is 0 Å². The van der Waals surface area contributed by atoms with Gasteiger partial charge in [0, 0.05) is 22.6 Å². The Bertz CT molecular complexity index is 801. The first-order valence-electron chi connectivity index (χ1n) is 7.59. The summed E-state index contributed by atoms with van der Waals surface area (Å²) in [5, 5.41) is 10.5. The van der Waals surface area contributed by atoms with Crippen molar-refractivity contribution in [2.24, 2.45) is 0 Å². The van der Waals surface area contributed by atoms with Gasteiger partial charge in [0.2, 0.25) is 5.89 Å². The summed E-state index contributed by atoms with van der Waals surface area (Å²) in [4.78, 5) is 13.3. The smallest absolute Gasteiger partial charge is 0.322 e. The molecule has 2 aromatic carbocycles. The van der Waals surface area contributed by atoms with Crippen molar-refractivity contribution in [3.8, 4) is 0 Å². The van der Waals surface area contributed by atoms with Gasteiger partial charge in [-0.3, -0.25) is 10.1 Å². The second kappa shape index (κ2) is 7.79. The van der Waals surface area contributed by atoms with Gasteiger partial charge >= 0.3 is 6.01 Å². The van der Waals surface area contributed by atoms with Crippen LogP contribution < -0.4 is 5.32 Å². The number of carbonyl (C=O) groups is 1. The maximum absolute atomic E-state index is 12.1. The monoisotopic (exact) mass is 339 g/mol. The predicted molar refractivity (Wildman–Crippen MR) is 94.3 cm³/mol. The Morgan fingerprint density at radius 3 is 2.58 bits per heavy atom. The van der Waals surface area contributed by atoms with Crippen LogP contribution in [0, 0.1) is 6.92 Å². The van der Waals surface area contributed by atoms with E-state index in [9.17, 15) is 4.79 Å². The number of nitrogens with zero attached hydrogens (tertiary/aromatic N) is 2. The summed E-state index contributed by atoms with van der Waals surface area (Å²) in [5.41, 5.74) is 1.66. The average Bonchev–Trinajstić information content (AvgIpc) is 3.04. The van der Waals surface area contributed by atoms with Crippen LogP contribution in [0.1, 0.15) is 21.8 Å². The lowest BCUT2D eigenvalue weighted by molar-refractivity contribution is 0.102. The summed E-state index contributed by atoms with van der Waals surface area (Å²) in [7, 11) is 0. The first-order chi connectivity index (χ1) is 11.7. The number of benzene rings is 2. The van der Waals surface area contributed by atoms with Gasteiger partial charge in [0.25, 0.3) is 5.91 Å². The van der Waals surface area contributed by atoms with Crippen LogP contribution in [0.5, 0.6) is 0 Å². The van der Waals surface area contributed by atoms with Crippen LogP contribution in [0.25, 0.3) is 0 Å². The maximum atomic E-state index is 12.1. The zero-order valence-electron chi connectivity index (χ0n) is 13.2. The zero-order valence-corrected chi connectivity index (χ0v) is 14.0. The maximum Gasteiger partial charge on any atom is 0.322 e. The largest absolute Gasteiger partial charge is 0.408 e. The van der Waals surface area contributed by atoms with Crippen LogP contribution in [-0.4, -0.2) is 21.9 Å². The van der Waals surface area contributed by atoms with Crippen LogP contribution >= 0.6 is 11.8 Å². The van der Waals surface area contributed by atoms with Crippen molar-refractivity contribution >= 4 is 23.7 Å². The molecule has 0 bridgehead atoms. The number of nitrogens with one attached hydrogen (secondary N) is 1. The molecule has 24 heavy (non-hydrogen) atoms. The van der Waals surface area contributed by atoms with Crippen molar-refractivity contribution in [3.05, 3.63) is 71.6 Å². The van der Waals surface area contributed by atoms with E-state index in [1.165, 1.54) is 4.90 Å². The molecule has 1 amide bonds. The van der Waals surface area contributed by atoms with Crippen LogP contribution in [0.2, 0.25) is 0 Å². The van der Waals surface area contributed by atoms with Crippen molar-refractivity contribution in [1.29, 1.82) is 0 Å². The number of hydrogen-bond donors (Lipinski definition) is 1. The van der Waals surface area contributed by atoms with Crippen LogP contribution in [0.15, 0.2) is 63.9 Å². The summed E-state index contributed by atoms with van der Waals surface area (Å²) in [5.74, 6) is 1.08. The lowest BCUT2D eigenvalue weighted by Crippen LogP contribution is -2.11. The Morgan fingerprint density at radius 1 is 1.08 bits per heavy atom. The number of hydrogen-bond acceptors (Lipinski definition) is 5. The molecular formula is C18H17N3O2S. The van der Waals surface area contributed by atoms with Gasteiger partial charge < -0.3 is 4.42 Å². The highest BCUT2D eigenvalue weighted by Gasteiger charge is 2.11. The summed E-state index contributed by atoms with van der Waals surface area (Å²) in [6.45, 7) is 1.97. The van der Waals surface area contributed by atoms with Crippen LogP contribution in [-0.2, 0) is 6.42 Å². The molecule has 0 saturated heterocycles. The predicted octanol–water partition coefficient (Wildman–Crippen LogP) is 3.97. The lowest BCUT2D eigenvalue weighted by atomic mass is 10.1. The molecule has 1 N–H and O–H groups in total. The second-order valence-corrected chi connectivity index (χ2v) is 6.40. The molecule has 0 atom stereocenters. The highest BCUT2D eigenvalue weighted by molar-refractivity contribution is 7.99. The van der Waals surface area contributed by atoms with Crippen LogP contribution in [0.3, 0.4) is 0 Å². The van der Waals surface area contributed by atoms with Gasteiger partial charge in [0.05, 0.1) is 0 Å². The van der Waals surface area contributed by atoms with E-state index >= 15 is 0 Å². The van der Waals surface area contributed by atoms with Crippen molar-refractivity contribution in [2.75, 3.05) is 11.1 Å². The van der Waals surface area contributed by atoms with E-state index in [-0.39, 0.29) is 11.9 Å². The normalized spacial score (nSPS) is 10.5. The van der Waals surface area contributed by atoms with Crippen LogP contribution in [0.4, 0.5) is 6.01 Å². The molecule has 0 aliphatic carbocycles. The lowest BCUT2D eigenvalue weighted by Gasteiger charge is -2.01. The van der Waals surface area contributed by atoms with E-state index in [4.69, 9.17) is 4.42 Å². The third-order valence-electron chi connectivity index (χ3n) is 3.33. The fourth-order valence-electron chi connectivity index (χ4n) is 2.05. The van der Waals surface area contributed by atoms with Gasteiger partial charge in [-0.2, -0.15) is 0 Å². The highest BCUT2D eigenvalue weighted by Crippen LogP contribution is 2.18. The third kappa shape index (κ3) is 4.45. The molecule has 122 valence electrons. The molecule has 0 aliphatic rings. The van der Waals surface area contributed by atoms with E-state index in [0.29, 0.717) is 17.9 Å². The van der Waals surface area contributed by atoms with Gasteiger partial charge in [-0.25, -0.2) is 0 Å². The summed E-state index contributed by atoms with van der Waals surface area (Å²) < 4.78 is 5.47. The third-order valence-corrected chi connectivity index (χ3v) is 4.34. The molecular weight excluding hydrogens is 322 g/mol. The second-order valence-electron chi connectivity index (χ2n) is 5.23. The first kappa shape index (κ1) is 16.3. The summed E-state index contributed by atoms with van der Waals surface area (Å²) in [6.07, 6.45) is 0.646. The molecule has 3 rings (SSSR count). The fourth-order valence-corrected chi connectivity index (χ4v) is 2.91. The van der Waals surface area contributed by atoms with Gasteiger partial charge in [0.15, 0.2) is 0 Å². The number of aromatic nitrogens is 2. The topological polar surface area (TPSA) is 68.0 Å². The van der Waals surface area contributed by atoms with E-state index in [0.717, 1.165) is 11.3 Å². The number of thioether (sulfide) groups is 1. The Morgan fingerprint density at radius 2 is 1.83 bits per heavy atom. The number of rotatable bonds is 6. The first-order valence-corrected chi connectivity index (χ1v) is 8.57. The van der Waals surface area contributed by atoms with E-state index in [1.807, 2.05) is 37.3 Å². The summed E-state index contributed by atoms with van der Waals surface area (Å²) in [6, 6.07) is 17.5. The Hall–Kier alpha value is -2.60.